The van der Waals surface area contributed by atoms with Gasteiger partial charge in [-0.05, 0) is 19.3 Å². The van der Waals surface area contributed by atoms with Gasteiger partial charge in [0.2, 0.25) is 0 Å². The van der Waals surface area contributed by atoms with Crippen LogP contribution < -0.4 is 5.32 Å². The van der Waals surface area contributed by atoms with E-state index in [0.717, 1.165) is 25.7 Å². The van der Waals surface area contributed by atoms with Crippen LogP contribution in [0.25, 0.3) is 0 Å². The van der Waals surface area contributed by atoms with E-state index in [9.17, 15) is 0 Å². The highest BCUT2D eigenvalue weighted by atomic mass is 16.5. The summed E-state index contributed by atoms with van der Waals surface area (Å²) >= 11 is 0. The highest BCUT2D eigenvalue weighted by molar-refractivity contribution is 5.04. The van der Waals surface area contributed by atoms with Gasteiger partial charge in [0, 0.05) is 50.6 Å². The number of rotatable bonds is 5. The molecule has 1 aromatic heterocycles. The quantitative estimate of drug-likeness (QED) is 0.856. The van der Waals surface area contributed by atoms with Gasteiger partial charge >= 0.3 is 0 Å². The van der Waals surface area contributed by atoms with Crippen molar-refractivity contribution in [2.75, 3.05) is 26.8 Å². The van der Waals surface area contributed by atoms with Crippen LogP contribution in [0.1, 0.15) is 24.8 Å². The van der Waals surface area contributed by atoms with E-state index in [2.05, 4.69) is 21.5 Å². The second kappa shape index (κ2) is 6.03. The number of hydrogen-bond acceptors (Lipinski definition) is 4. The van der Waals surface area contributed by atoms with Gasteiger partial charge in [0.15, 0.2) is 0 Å². The average Bonchev–Trinajstić information content (AvgIpc) is 2.97. The minimum absolute atomic E-state index is 0.705. The lowest BCUT2D eigenvalue weighted by Gasteiger charge is -2.23. The Hall–Kier alpha value is -0.910. The first-order chi connectivity index (χ1) is 9.33. The Morgan fingerprint density at radius 1 is 1.37 bits per heavy atom. The number of nitrogens with zero attached hydrogens (tertiary/aromatic N) is 3. The third-order valence-corrected chi connectivity index (χ3v) is 4.22. The van der Waals surface area contributed by atoms with E-state index >= 15 is 0 Å². The van der Waals surface area contributed by atoms with Crippen LogP contribution in [0.5, 0.6) is 0 Å². The topological polar surface area (TPSA) is 42.3 Å². The maximum Gasteiger partial charge on any atom is 0.0658 e. The highest BCUT2D eigenvalue weighted by Gasteiger charge is 2.29. The zero-order valence-electron chi connectivity index (χ0n) is 11.7. The monoisotopic (exact) mass is 264 g/mol. The van der Waals surface area contributed by atoms with Crippen molar-refractivity contribution in [1.82, 2.24) is 20.0 Å². The third kappa shape index (κ3) is 3.35. The molecule has 0 unspecified atom stereocenters. The standard InChI is InChI=1S/C14H24N4O/c1-19-7-6-18-10-12(8-15-18)9-17-5-4-13-2-3-14(11-17)16-13/h8,10,13-14,16H,2-7,9,11H2,1H3/t13-,14+/m1/s1. The number of hydrogen-bond donors (Lipinski definition) is 1. The Kier molecular flexibility index (Phi) is 4.15. The Labute approximate surface area is 114 Å². The molecule has 19 heavy (non-hydrogen) atoms. The molecule has 106 valence electrons. The molecule has 1 N–H and O–H groups in total. The van der Waals surface area contributed by atoms with Gasteiger partial charge in [0.25, 0.3) is 0 Å². The van der Waals surface area contributed by atoms with Gasteiger partial charge in [0.1, 0.15) is 0 Å². The van der Waals surface area contributed by atoms with Crippen LogP contribution in [-0.4, -0.2) is 53.6 Å². The van der Waals surface area contributed by atoms with Crippen LogP contribution in [0.2, 0.25) is 0 Å². The number of likely N-dealkylation sites (tertiary alicyclic amines) is 1. The smallest absolute Gasteiger partial charge is 0.0658 e. The predicted molar refractivity (Wildman–Crippen MR) is 73.9 cm³/mol. The SMILES string of the molecule is COCCn1cc(CN2CC[C@H]3CC[C@@H](C2)N3)cn1. The molecule has 3 rings (SSSR count). The van der Waals surface area contributed by atoms with Crippen molar-refractivity contribution in [1.29, 1.82) is 0 Å². The first-order valence-electron chi connectivity index (χ1n) is 7.32. The summed E-state index contributed by atoms with van der Waals surface area (Å²) in [5.41, 5.74) is 1.31. The Morgan fingerprint density at radius 3 is 3.16 bits per heavy atom. The van der Waals surface area contributed by atoms with Crippen LogP contribution in [0.3, 0.4) is 0 Å². The van der Waals surface area contributed by atoms with Crippen LogP contribution in [0, 0.1) is 0 Å². The van der Waals surface area contributed by atoms with Crippen molar-refractivity contribution in [2.45, 2.75) is 44.4 Å². The summed E-state index contributed by atoms with van der Waals surface area (Å²) < 4.78 is 7.05. The van der Waals surface area contributed by atoms with Gasteiger partial charge in [-0.3, -0.25) is 9.58 Å². The van der Waals surface area contributed by atoms with Gasteiger partial charge in [-0.1, -0.05) is 0 Å². The zero-order chi connectivity index (χ0) is 13.1. The number of nitrogens with one attached hydrogen (secondary N) is 1. The number of ether oxygens (including phenoxy) is 1. The molecule has 2 bridgehead atoms. The molecule has 0 amide bonds. The molecule has 1 aromatic rings. The Morgan fingerprint density at radius 2 is 2.26 bits per heavy atom. The van der Waals surface area contributed by atoms with Crippen molar-refractivity contribution in [3.05, 3.63) is 18.0 Å². The van der Waals surface area contributed by atoms with Gasteiger partial charge in [-0.2, -0.15) is 5.10 Å². The largest absolute Gasteiger partial charge is 0.383 e. The van der Waals surface area contributed by atoms with Crippen molar-refractivity contribution < 1.29 is 4.74 Å². The fraction of sp³-hybridized carbons (Fsp3) is 0.786. The summed E-state index contributed by atoms with van der Waals surface area (Å²) in [6, 6.07) is 1.47. The molecule has 5 nitrogen and oxygen atoms in total. The number of methoxy groups -OCH3 is 1. The van der Waals surface area contributed by atoms with Crippen molar-refractivity contribution in [2.24, 2.45) is 0 Å². The van der Waals surface area contributed by atoms with Crippen molar-refractivity contribution in [3.63, 3.8) is 0 Å². The molecular weight excluding hydrogens is 240 g/mol. The predicted octanol–water partition coefficient (Wildman–Crippen LogP) is 0.856. The van der Waals surface area contributed by atoms with Crippen LogP contribution in [0.4, 0.5) is 0 Å². The van der Waals surface area contributed by atoms with E-state index in [4.69, 9.17) is 4.74 Å². The summed E-state index contributed by atoms with van der Waals surface area (Å²) in [4.78, 5) is 2.56. The van der Waals surface area contributed by atoms with Crippen LogP contribution >= 0.6 is 0 Å². The molecule has 2 saturated heterocycles. The Bertz CT molecular complexity index is 406. The lowest BCUT2D eigenvalue weighted by molar-refractivity contribution is 0.183. The molecule has 5 heteroatoms. The maximum absolute atomic E-state index is 5.08. The summed E-state index contributed by atoms with van der Waals surface area (Å²) in [6.07, 6.45) is 8.14. The molecule has 2 fully saturated rings. The lowest BCUT2D eigenvalue weighted by atomic mass is 10.1. The minimum Gasteiger partial charge on any atom is -0.383 e. The van der Waals surface area contributed by atoms with Gasteiger partial charge in [0.05, 0.1) is 19.3 Å². The van der Waals surface area contributed by atoms with Gasteiger partial charge < -0.3 is 10.1 Å². The molecule has 0 saturated carbocycles. The van der Waals surface area contributed by atoms with E-state index in [1.54, 1.807) is 7.11 Å². The third-order valence-electron chi connectivity index (χ3n) is 4.22. The van der Waals surface area contributed by atoms with Gasteiger partial charge in [-0.25, -0.2) is 0 Å². The summed E-state index contributed by atoms with van der Waals surface area (Å²) in [6.45, 7) is 4.97. The fourth-order valence-corrected chi connectivity index (χ4v) is 3.21. The lowest BCUT2D eigenvalue weighted by Crippen LogP contribution is -2.34. The number of fused-ring (bicyclic) bond motifs is 2. The van der Waals surface area contributed by atoms with E-state index in [0.29, 0.717) is 6.04 Å². The molecule has 0 radical (unpaired) electrons. The van der Waals surface area contributed by atoms with E-state index in [-0.39, 0.29) is 0 Å². The number of aromatic nitrogens is 2. The average molecular weight is 264 g/mol. The molecule has 0 spiro atoms. The fourth-order valence-electron chi connectivity index (χ4n) is 3.21. The van der Waals surface area contributed by atoms with Crippen molar-refractivity contribution >= 4 is 0 Å². The molecular formula is C14H24N4O. The summed E-state index contributed by atoms with van der Waals surface area (Å²) in [5.74, 6) is 0. The van der Waals surface area contributed by atoms with Crippen LogP contribution in [-0.2, 0) is 17.8 Å². The van der Waals surface area contributed by atoms with E-state index < -0.39 is 0 Å². The molecule has 0 aromatic carbocycles. The first kappa shape index (κ1) is 13.1. The summed E-state index contributed by atoms with van der Waals surface area (Å²) in [7, 11) is 1.73. The second-order valence-electron chi connectivity index (χ2n) is 5.77. The van der Waals surface area contributed by atoms with Crippen molar-refractivity contribution in [3.8, 4) is 0 Å². The molecule has 3 heterocycles. The Balaban J connectivity index is 1.54. The second-order valence-corrected chi connectivity index (χ2v) is 5.77. The van der Waals surface area contributed by atoms with Gasteiger partial charge in [-0.15, -0.1) is 0 Å². The molecule has 2 aliphatic rings. The van der Waals surface area contributed by atoms with E-state index in [1.165, 1.54) is 37.9 Å². The first-order valence-corrected chi connectivity index (χ1v) is 7.32. The summed E-state index contributed by atoms with van der Waals surface area (Å²) in [5, 5.41) is 8.11. The van der Waals surface area contributed by atoms with E-state index in [1.807, 2.05) is 10.9 Å². The van der Waals surface area contributed by atoms with Crippen LogP contribution in [0.15, 0.2) is 12.4 Å². The normalized spacial score (nSPS) is 27.6. The maximum atomic E-state index is 5.08. The molecule has 2 atom stereocenters. The minimum atomic E-state index is 0.705. The highest BCUT2D eigenvalue weighted by Crippen LogP contribution is 2.21. The zero-order valence-corrected chi connectivity index (χ0v) is 11.7. The molecule has 0 aliphatic carbocycles. The molecule has 2 aliphatic heterocycles.